The Balaban J connectivity index is 5.30. The summed E-state index contributed by atoms with van der Waals surface area (Å²) < 4.78 is 87.2. The minimum atomic E-state index is -5.43. The van der Waals surface area contributed by atoms with Crippen LogP contribution >= 0.6 is 0 Å². The highest BCUT2D eigenvalue weighted by Crippen LogP contribution is 2.50. The SMILES string of the molecule is CC(F)(F)C(C)(F)C(F)(F)C(C)(F)F. The molecule has 0 aliphatic carbocycles. The molecule has 0 aromatic rings. The maximum absolute atomic E-state index is 12.9. The molecule has 7 heteroatoms. The summed E-state index contributed by atoms with van der Waals surface area (Å²) in [5.41, 5.74) is -4.60. The highest BCUT2D eigenvalue weighted by Gasteiger charge is 2.73. The maximum atomic E-state index is 12.9. The summed E-state index contributed by atoms with van der Waals surface area (Å²) in [4.78, 5) is 0. The summed E-state index contributed by atoms with van der Waals surface area (Å²) in [5, 5.41) is 0. The molecule has 0 aliphatic heterocycles. The van der Waals surface area contributed by atoms with E-state index in [1.165, 1.54) is 0 Å². The van der Waals surface area contributed by atoms with Crippen molar-refractivity contribution in [3.63, 3.8) is 0 Å². The largest absolute Gasteiger partial charge is 0.348 e. The molecule has 86 valence electrons. The van der Waals surface area contributed by atoms with E-state index in [0.29, 0.717) is 0 Å². The molecule has 0 saturated carbocycles. The second-order valence-corrected chi connectivity index (χ2v) is 3.35. The quantitative estimate of drug-likeness (QED) is 0.644. The topological polar surface area (TPSA) is 0 Å². The molecular formula is C7H9F7. The van der Waals surface area contributed by atoms with Crippen molar-refractivity contribution in [2.24, 2.45) is 0 Å². The van der Waals surface area contributed by atoms with Gasteiger partial charge in [0.25, 0.3) is 5.92 Å². The van der Waals surface area contributed by atoms with Crippen LogP contribution in [0.2, 0.25) is 0 Å². The van der Waals surface area contributed by atoms with Gasteiger partial charge in [-0.3, -0.25) is 0 Å². The molecule has 14 heavy (non-hydrogen) atoms. The predicted octanol–water partition coefficient (Wildman–Crippen LogP) is 3.66. The standard InChI is InChI=1S/C7H9F7/c1-4(8,5(2,9)10)7(13,14)6(3,11)12/h1-3H3. The van der Waals surface area contributed by atoms with Gasteiger partial charge >= 0.3 is 11.8 Å². The Hall–Kier alpha value is -0.490. The lowest BCUT2D eigenvalue weighted by Crippen LogP contribution is -2.61. The summed E-state index contributed by atoms with van der Waals surface area (Å²) in [6.07, 6.45) is 0. The van der Waals surface area contributed by atoms with E-state index in [2.05, 4.69) is 0 Å². The van der Waals surface area contributed by atoms with E-state index in [-0.39, 0.29) is 20.8 Å². The van der Waals surface area contributed by atoms with E-state index < -0.39 is 23.4 Å². The molecule has 1 unspecified atom stereocenters. The summed E-state index contributed by atoms with van der Waals surface area (Å²) in [7, 11) is 0. The second-order valence-electron chi connectivity index (χ2n) is 3.35. The number of halogens is 7. The second kappa shape index (κ2) is 3.00. The first-order valence-corrected chi connectivity index (χ1v) is 3.57. The van der Waals surface area contributed by atoms with Crippen molar-refractivity contribution in [2.75, 3.05) is 0 Å². The van der Waals surface area contributed by atoms with E-state index in [9.17, 15) is 30.7 Å². The molecule has 0 aromatic carbocycles. The molecule has 0 heterocycles. The number of hydrogen-bond donors (Lipinski definition) is 0. The number of alkyl halides is 7. The van der Waals surface area contributed by atoms with Gasteiger partial charge < -0.3 is 0 Å². The van der Waals surface area contributed by atoms with Crippen LogP contribution in [0, 0.1) is 0 Å². The van der Waals surface area contributed by atoms with Gasteiger partial charge in [0.2, 0.25) is 5.67 Å². The van der Waals surface area contributed by atoms with Crippen LogP contribution < -0.4 is 0 Å². The smallest absolute Gasteiger partial charge is 0.231 e. The van der Waals surface area contributed by atoms with Crippen LogP contribution in [-0.4, -0.2) is 23.4 Å². The molecule has 0 saturated heterocycles. The van der Waals surface area contributed by atoms with Crippen molar-refractivity contribution < 1.29 is 30.7 Å². The van der Waals surface area contributed by atoms with Gasteiger partial charge in [-0.1, -0.05) is 0 Å². The molecule has 0 rings (SSSR count). The fraction of sp³-hybridized carbons (Fsp3) is 1.00. The van der Waals surface area contributed by atoms with Crippen LogP contribution in [0.15, 0.2) is 0 Å². The predicted molar refractivity (Wildman–Crippen MR) is 35.7 cm³/mol. The lowest BCUT2D eigenvalue weighted by Gasteiger charge is -2.37. The summed E-state index contributed by atoms with van der Waals surface area (Å²) in [6.45, 7) is -0.729. The third kappa shape index (κ3) is 1.81. The first kappa shape index (κ1) is 13.5. The van der Waals surface area contributed by atoms with Gasteiger partial charge in [0.1, 0.15) is 0 Å². The molecule has 0 spiro atoms. The molecule has 0 radical (unpaired) electrons. The van der Waals surface area contributed by atoms with Gasteiger partial charge in [0, 0.05) is 13.8 Å². The summed E-state index contributed by atoms with van der Waals surface area (Å²) in [5.74, 6) is -14.8. The number of rotatable bonds is 3. The normalized spacial score (nSPS) is 19.3. The molecular weight excluding hydrogens is 217 g/mol. The van der Waals surface area contributed by atoms with Crippen LogP contribution in [0.3, 0.4) is 0 Å². The van der Waals surface area contributed by atoms with E-state index >= 15 is 0 Å². The molecule has 0 N–H and O–H groups in total. The summed E-state index contributed by atoms with van der Waals surface area (Å²) in [6, 6.07) is 0. The van der Waals surface area contributed by atoms with Gasteiger partial charge in [-0.15, -0.1) is 0 Å². The Morgan fingerprint density at radius 2 is 0.857 bits per heavy atom. The first-order valence-electron chi connectivity index (χ1n) is 3.57. The number of hydrogen-bond acceptors (Lipinski definition) is 0. The van der Waals surface area contributed by atoms with Gasteiger partial charge in [-0.2, -0.15) is 8.78 Å². The Labute approximate surface area is 76.1 Å². The Kier molecular flexibility index (Phi) is 2.89. The van der Waals surface area contributed by atoms with Crippen molar-refractivity contribution >= 4 is 0 Å². The van der Waals surface area contributed by atoms with Gasteiger partial charge in [0.15, 0.2) is 0 Å². The van der Waals surface area contributed by atoms with Gasteiger partial charge in [0.05, 0.1) is 0 Å². The molecule has 0 aromatic heterocycles. The molecule has 0 bridgehead atoms. The van der Waals surface area contributed by atoms with E-state index in [4.69, 9.17) is 0 Å². The van der Waals surface area contributed by atoms with Crippen molar-refractivity contribution in [3.05, 3.63) is 0 Å². The van der Waals surface area contributed by atoms with Crippen molar-refractivity contribution in [2.45, 2.75) is 44.2 Å². The van der Waals surface area contributed by atoms with Crippen molar-refractivity contribution in [1.29, 1.82) is 0 Å². The fourth-order valence-electron chi connectivity index (χ4n) is 0.688. The minimum absolute atomic E-state index is 0.174. The molecule has 1 atom stereocenters. The van der Waals surface area contributed by atoms with Crippen LogP contribution in [0.4, 0.5) is 30.7 Å². The average Bonchev–Trinajstić information content (AvgIpc) is 1.81. The van der Waals surface area contributed by atoms with Crippen LogP contribution in [0.1, 0.15) is 20.8 Å². The van der Waals surface area contributed by atoms with Crippen molar-refractivity contribution in [3.8, 4) is 0 Å². The Morgan fingerprint density at radius 3 is 0.929 bits per heavy atom. The van der Waals surface area contributed by atoms with Crippen molar-refractivity contribution in [1.82, 2.24) is 0 Å². The summed E-state index contributed by atoms with van der Waals surface area (Å²) >= 11 is 0. The monoisotopic (exact) mass is 226 g/mol. The lowest BCUT2D eigenvalue weighted by molar-refractivity contribution is -0.307. The lowest BCUT2D eigenvalue weighted by atomic mass is 9.89. The van der Waals surface area contributed by atoms with Crippen LogP contribution in [0.25, 0.3) is 0 Å². The average molecular weight is 226 g/mol. The third-order valence-corrected chi connectivity index (χ3v) is 1.97. The van der Waals surface area contributed by atoms with Crippen LogP contribution in [-0.2, 0) is 0 Å². The maximum Gasteiger partial charge on any atom is 0.348 e. The zero-order valence-corrected chi connectivity index (χ0v) is 7.65. The van der Waals surface area contributed by atoms with E-state index in [1.807, 2.05) is 0 Å². The first-order chi connectivity index (χ1) is 5.75. The molecule has 0 aliphatic rings. The fourth-order valence-corrected chi connectivity index (χ4v) is 0.688. The van der Waals surface area contributed by atoms with Crippen LogP contribution in [0.5, 0.6) is 0 Å². The Morgan fingerprint density at radius 1 is 0.571 bits per heavy atom. The highest BCUT2D eigenvalue weighted by molar-refractivity contribution is 5.04. The van der Waals surface area contributed by atoms with E-state index in [0.717, 1.165) is 0 Å². The zero-order chi connectivity index (χ0) is 12.0. The van der Waals surface area contributed by atoms with Gasteiger partial charge in [-0.05, 0) is 6.92 Å². The molecule has 0 fully saturated rings. The molecule has 0 amide bonds. The Bertz CT molecular complexity index is 183. The van der Waals surface area contributed by atoms with Gasteiger partial charge in [-0.25, -0.2) is 22.0 Å². The minimum Gasteiger partial charge on any atom is -0.231 e. The highest BCUT2D eigenvalue weighted by atomic mass is 19.3. The zero-order valence-electron chi connectivity index (χ0n) is 7.65. The van der Waals surface area contributed by atoms with E-state index in [1.54, 1.807) is 0 Å². The molecule has 0 nitrogen and oxygen atoms in total. The third-order valence-electron chi connectivity index (χ3n) is 1.97.